The van der Waals surface area contributed by atoms with Gasteiger partial charge in [-0.05, 0) is 60.7 Å². The summed E-state index contributed by atoms with van der Waals surface area (Å²) in [6, 6.07) is 23.6. The van der Waals surface area contributed by atoms with Crippen LogP contribution < -0.4 is 4.74 Å². The van der Waals surface area contributed by atoms with E-state index in [-0.39, 0.29) is 18.6 Å². The lowest BCUT2D eigenvalue weighted by molar-refractivity contribution is -0.134. The van der Waals surface area contributed by atoms with Crippen molar-refractivity contribution in [1.29, 1.82) is 0 Å². The lowest BCUT2D eigenvalue weighted by atomic mass is 10.0. The highest BCUT2D eigenvalue weighted by Crippen LogP contribution is 2.34. The van der Waals surface area contributed by atoms with Crippen LogP contribution >= 0.6 is 0 Å². The topological polar surface area (TPSA) is 55.6 Å². The molecule has 1 aliphatic heterocycles. The minimum atomic E-state index is -0.152. The molecule has 5 rings (SSSR count). The lowest BCUT2D eigenvalue weighted by Gasteiger charge is -2.22. The van der Waals surface area contributed by atoms with Gasteiger partial charge in [0.1, 0.15) is 17.3 Å². The van der Waals surface area contributed by atoms with Crippen LogP contribution in [0, 0.1) is 6.92 Å². The fourth-order valence-electron chi connectivity index (χ4n) is 4.22. The van der Waals surface area contributed by atoms with Crippen molar-refractivity contribution >= 4 is 17.0 Å². The SMILES string of the molecule is Cc1ccccc1-c1ccc2oc([C@H]3CCCN3C(=O)COc3ccccc3)nc2c1. The number of likely N-dealkylation sites (tertiary alicyclic amines) is 1. The largest absolute Gasteiger partial charge is 0.484 e. The molecule has 1 amide bonds. The average Bonchev–Trinajstić information content (AvgIpc) is 3.45. The van der Waals surface area contributed by atoms with Crippen molar-refractivity contribution in [3.63, 3.8) is 0 Å². The molecule has 0 bridgehead atoms. The summed E-state index contributed by atoms with van der Waals surface area (Å²) in [6.07, 6.45) is 1.77. The first-order valence-corrected chi connectivity index (χ1v) is 10.6. The third-order valence-electron chi connectivity index (χ3n) is 5.82. The Balaban J connectivity index is 1.36. The number of ether oxygens (including phenoxy) is 1. The Morgan fingerprint density at radius 1 is 1.10 bits per heavy atom. The van der Waals surface area contributed by atoms with Crippen molar-refractivity contribution in [2.24, 2.45) is 0 Å². The van der Waals surface area contributed by atoms with Crippen molar-refractivity contribution in [2.75, 3.05) is 13.2 Å². The molecule has 1 fully saturated rings. The minimum absolute atomic E-state index is 0.0121. The van der Waals surface area contributed by atoms with E-state index < -0.39 is 0 Å². The van der Waals surface area contributed by atoms with E-state index >= 15 is 0 Å². The minimum Gasteiger partial charge on any atom is -0.484 e. The molecule has 1 aliphatic rings. The Hall–Kier alpha value is -3.60. The summed E-state index contributed by atoms with van der Waals surface area (Å²) >= 11 is 0. The smallest absolute Gasteiger partial charge is 0.261 e. The molecular formula is C26H24N2O3. The molecule has 0 radical (unpaired) electrons. The third kappa shape index (κ3) is 3.91. The van der Waals surface area contributed by atoms with Crippen LogP contribution in [0.1, 0.15) is 30.3 Å². The summed E-state index contributed by atoms with van der Waals surface area (Å²) in [5, 5.41) is 0. The highest BCUT2D eigenvalue weighted by molar-refractivity contribution is 5.82. The van der Waals surface area contributed by atoms with Gasteiger partial charge in [-0.25, -0.2) is 4.98 Å². The molecule has 1 aromatic heterocycles. The van der Waals surface area contributed by atoms with Crippen molar-refractivity contribution in [3.8, 4) is 16.9 Å². The number of hydrogen-bond donors (Lipinski definition) is 0. The Morgan fingerprint density at radius 2 is 1.90 bits per heavy atom. The standard InChI is InChI=1S/C26H24N2O3/c1-18-8-5-6-11-21(18)19-13-14-24-22(16-19)27-26(31-24)23-12-7-15-28(23)25(29)17-30-20-9-3-2-4-10-20/h2-6,8-11,13-14,16,23H,7,12,15,17H2,1H3/t23-/m1/s1. The second kappa shape index (κ2) is 8.26. The van der Waals surface area contributed by atoms with E-state index in [1.807, 2.05) is 53.4 Å². The third-order valence-corrected chi connectivity index (χ3v) is 5.82. The monoisotopic (exact) mass is 412 g/mol. The summed E-state index contributed by atoms with van der Waals surface area (Å²) in [7, 11) is 0. The second-order valence-corrected chi connectivity index (χ2v) is 7.90. The number of aromatic nitrogens is 1. The predicted molar refractivity (Wildman–Crippen MR) is 120 cm³/mol. The number of rotatable bonds is 5. The number of para-hydroxylation sites is 1. The van der Waals surface area contributed by atoms with Gasteiger partial charge in [0.25, 0.3) is 5.91 Å². The molecule has 3 aromatic carbocycles. The average molecular weight is 412 g/mol. The fraction of sp³-hybridized carbons (Fsp3) is 0.231. The van der Waals surface area contributed by atoms with E-state index in [0.29, 0.717) is 18.2 Å². The highest BCUT2D eigenvalue weighted by Gasteiger charge is 2.33. The number of carbonyl (C=O) groups is 1. The second-order valence-electron chi connectivity index (χ2n) is 7.90. The summed E-state index contributed by atoms with van der Waals surface area (Å²) in [5.41, 5.74) is 5.07. The Kier molecular flexibility index (Phi) is 5.16. The maximum absolute atomic E-state index is 12.8. The normalized spacial score (nSPS) is 16.0. The van der Waals surface area contributed by atoms with E-state index in [1.165, 1.54) is 11.1 Å². The number of nitrogens with zero attached hydrogens (tertiary/aromatic N) is 2. The van der Waals surface area contributed by atoms with E-state index in [9.17, 15) is 4.79 Å². The van der Waals surface area contributed by atoms with E-state index in [4.69, 9.17) is 14.1 Å². The molecule has 5 nitrogen and oxygen atoms in total. The number of hydrogen-bond acceptors (Lipinski definition) is 4. The van der Waals surface area contributed by atoms with Crippen LogP contribution in [0.4, 0.5) is 0 Å². The van der Waals surface area contributed by atoms with Crippen LogP contribution in [-0.4, -0.2) is 28.9 Å². The number of benzene rings is 3. The number of oxazole rings is 1. The number of amides is 1. The zero-order valence-electron chi connectivity index (χ0n) is 17.5. The molecule has 1 atom stereocenters. The molecule has 0 unspecified atom stereocenters. The van der Waals surface area contributed by atoms with Gasteiger partial charge in [-0.3, -0.25) is 4.79 Å². The summed E-state index contributed by atoms with van der Waals surface area (Å²) in [6.45, 7) is 2.81. The van der Waals surface area contributed by atoms with Gasteiger partial charge in [0.2, 0.25) is 5.89 Å². The van der Waals surface area contributed by atoms with Gasteiger partial charge in [0, 0.05) is 6.54 Å². The predicted octanol–water partition coefficient (Wildman–Crippen LogP) is 5.55. The van der Waals surface area contributed by atoms with Crippen LogP contribution in [-0.2, 0) is 4.79 Å². The van der Waals surface area contributed by atoms with Crippen molar-refractivity contribution < 1.29 is 13.9 Å². The van der Waals surface area contributed by atoms with Crippen molar-refractivity contribution in [2.45, 2.75) is 25.8 Å². The van der Waals surface area contributed by atoms with Crippen LogP contribution in [0.3, 0.4) is 0 Å². The molecule has 2 heterocycles. The molecule has 1 saturated heterocycles. The number of carbonyl (C=O) groups excluding carboxylic acids is 1. The Bertz CT molecular complexity index is 1220. The summed E-state index contributed by atoms with van der Waals surface area (Å²) in [5.74, 6) is 1.24. The lowest BCUT2D eigenvalue weighted by Crippen LogP contribution is -2.34. The molecule has 0 aliphatic carbocycles. The van der Waals surface area contributed by atoms with Crippen LogP contribution in [0.25, 0.3) is 22.2 Å². The van der Waals surface area contributed by atoms with Gasteiger partial charge < -0.3 is 14.1 Å². The molecule has 156 valence electrons. The van der Waals surface area contributed by atoms with Gasteiger partial charge in [-0.15, -0.1) is 0 Å². The van der Waals surface area contributed by atoms with Crippen molar-refractivity contribution in [1.82, 2.24) is 9.88 Å². The van der Waals surface area contributed by atoms with Gasteiger partial charge >= 0.3 is 0 Å². The first-order chi connectivity index (χ1) is 15.2. The maximum atomic E-state index is 12.8. The molecule has 0 N–H and O–H groups in total. The fourth-order valence-corrected chi connectivity index (χ4v) is 4.22. The Labute approximate surface area is 181 Å². The number of fused-ring (bicyclic) bond motifs is 1. The highest BCUT2D eigenvalue weighted by atomic mass is 16.5. The zero-order valence-corrected chi connectivity index (χ0v) is 17.5. The molecule has 31 heavy (non-hydrogen) atoms. The molecular weight excluding hydrogens is 388 g/mol. The van der Waals surface area contributed by atoms with Crippen LogP contribution in [0.15, 0.2) is 77.2 Å². The van der Waals surface area contributed by atoms with E-state index in [2.05, 4.69) is 31.2 Å². The quantitative estimate of drug-likeness (QED) is 0.431. The molecule has 0 saturated carbocycles. The van der Waals surface area contributed by atoms with Crippen LogP contribution in [0.2, 0.25) is 0 Å². The first-order valence-electron chi connectivity index (χ1n) is 10.6. The van der Waals surface area contributed by atoms with Gasteiger partial charge in [0.05, 0.1) is 0 Å². The van der Waals surface area contributed by atoms with Gasteiger partial charge in [-0.2, -0.15) is 0 Å². The maximum Gasteiger partial charge on any atom is 0.261 e. The Morgan fingerprint density at radius 3 is 2.74 bits per heavy atom. The zero-order chi connectivity index (χ0) is 21.2. The molecule has 4 aromatic rings. The van der Waals surface area contributed by atoms with Crippen molar-refractivity contribution in [3.05, 3.63) is 84.3 Å². The summed E-state index contributed by atoms with van der Waals surface area (Å²) < 4.78 is 11.7. The molecule has 5 heteroatoms. The van der Waals surface area contributed by atoms with Crippen LogP contribution in [0.5, 0.6) is 5.75 Å². The summed E-state index contributed by atoms with van der Waals surface area (Å²) in [4.78, 5) is 19.4. The molecule has 0 spiro atoms. The van der Waals surface area contributed by atoms with E-state index in [1.54, 1.807) is 0 Å². The van der Waals surface area contributed by atoms with Gasteiger partial charge in [0.15, 0.2) is 12.2 Å². The first kappa shape index (κ1) is 19.4. The van der Waals surface area contributed by atoms with E-state index in [0.717, 1.165) is 29.5 Å². The van der Waals surface area contributed by atoms with Gasteiger partial charge in [-0.1, -0.05) is 48.5 Å². The number of aryl methyl sites for hydroxylation is 1.